The molecule has 4 heteroatoms. The Hall–Kier alpha value is -0.160. The van der Waals surface area contributed by atoms with Crippen molar-refractivity contribution in [3.05, 3.63) is 0 Å². The number of hydrogen-bond donors (Lipinski definition) is 1. The predicted octanol–water partition coefficient (Wildman–Crippen LogP) is 1.75. The van der Waals surface area contributed by atoms with Gasteiger partial charge in [-0.1, -0.05) is 19.8 Å². The molecule has 114 valence electrons. The molecule has 1 aliphatic carbocycles. The van der Waals surface area contributed by atoms with Gasteiger partial charge in [-0.2, -0.15) is 0 Å². The van der Waals surface area contributed by atoms with Crippen LogP contribution in [-0.2, 0) is 9.47 Å². The van der Waals surface area contributed by atoms with E-state index in [4.69, 9.17) is 9.47 Å². The van der Waals surface area contributed by atoms with Crippen molar-refractivity contribution < 1.29 is 9.47 Å². The first-order valence-electron chi connectivity index (χ1n) is 7.55. The maximum atomic E-state index is 5.48. The molecule has 1 rings (SSSR count). The normalized spacial score (nSPS) is 27.9. The summed E-state index contributed by atoms with van der Waals surface area (Å²) in [7, 11) is 6.14. The van der Waals surface area contributed by atoms with Crippen molar-refractivity contribution in [2.24, 2.45) is 5.92 Å². The molecular weight excluding hydrogens is 240 g/mol. The summed E-state index contributed by atoms with van der Waals surface area (Å²) in [5, 5.41) is 3.57. The summed E-state index contributed by atoms with van der Waals surface area (Å²) < 4.78 is 10.4. The number of rotatable bonds is 9. The fourth-order valence-corrected chi connectivity index (χ4v) is 3.07. The number of nitrogens with one attached hydrogen (secondary N) is 1. The third kappa shape index (κ3) is 5.78. The van der Waals surface area contributed by atoms with Gasteiger partial charge in [0.05, 0.1) is 19.8 Å². The number of likely N-dealkylation sites (N-methyl/N-ethyl adjacent to an activating group) is 1. The molecule has 0 aromatic carbocycles. The molecule has 4 nitrogen and oxygen atoms in total. The Morgan fingerprint density at radius 1 is 1.26 bits per heavy atom. The zero-order valence-electron chi connectivity index (χ0n) is 13.2. The largest absolute Gasteiger partial charge is 0.382 e. The molecular formula is C15H32N2O2. The molecule has 0 radical (unpaired) electrons. The van der Waals surface area contributed by atoms with Crippen LogP contribution in [0.2, 0.25) is 0 Å². The molecule has 1 fully saturated rings. The minimum absolute atomic E-state index is 0.337. The van der Waals surface area contributed by atoms with Gasteiger partial charge in [0, 0.05) is 25.7 Å². The third-order valence-corrected chi connectivity index (χ3v) is 4.33. The predicted molar refractivity (Wildman–Crippen MR) is 79.6 cm³/mol. The average Bonchev–Trinajstić information content (AvgIpc) is 2.37. The highest BCUT2D eigenvalue weighted by Gasteiger charge is 2.36. The van der Waals surface area contributed by atoms with Crippen LogP contribution in [0.25, 0.3) is 0 Å². The fourth-order valence-electron chi connectivity index (χ4n) is 3.07. The molecule has 2 unspecified atom stereocenters. The first-order chi connectivity index (χ1) is 9.10. The smallest absolute Gasteiger partial charge is 0.0700 e. The minimum Gasteiger partial charge on any atom is -0.382 e. The molecule has 0 aromatic rings. The van der Waals surface area contributed by atoms with Crippen LogP contribution in [0.4, 0.5) is 0 Å². The van der Waals surface area contributed by atoms with Crippen LogP contribution in [0.5, 0.6) is 0 Å². The molecule has 0 aromatic heterocycles. The summed E-state index contributed by atoms with van der Waals surface area (Å²) in [6.07, 6.45) is 5.35. The second-order valence-corrected chi connectivity index (χ2v) is 6.10. The zero-order chi connectivity index (χ0) is 14.1. The van der Waals surface area contributed by atoms with Gasteiger partial charge in [-0.15, -0.1) is 0 Å². The van der Waals surface area contributed by atoms with Gasteiger partial charge < -0.3 is 19.7 Å². The SMILES string of the molecule is COCCOCCNCC1(N(C)C)CCCC(C)C1. The Morgan fingerprint density at radius 3 is 2.68 bits per heavy atom. The summed E-state index contributed by atoms with van der Waals surface area (Å²) in [4.78, 5) is 2.42. The highest BCUT2D eigenvalue weighted by molar-refractivity contribution is 4.94. The molecule has 1 aliphatic rings. The molecule has 1 N–H and O–H groups in total. The van der Waals surface area contributed by atoms with Crippen LogP contribution in [0, 0.1) is 5.92 Å². The highest BCUT2D eigenvalue weighted by atomic mass is 16.5. The van der Waals surface area contributed by atoms with Crippen LogP contribution >= 0.6 is 0 Å². The third-order valence-electron chi connectivity index (χ3n) is 4.33. The molecule has 19 heavy (non-hydrogen) atoms. The van der Waals surface area contributed by atoms with E-state index in [-0.39, 0.29) is 0 Å². The lowest BCUT2D eigenvalue weighted by Gasteiger charge is -2.45. The second-order valence-electron chi connectivity index (χ2n) is 6.10. The Labute approximate surface area is 118 Å². The monoisotopic (exact) mass is 272 g/mol. The van der Waals surface area contributed by atoms with Crippen LogP contribution in [0.3, 0.4) is 0 Å². The Bertz CT molecular complexity index is 236. The number of nitrogens with zero attached hydrogens (tertiary/aromatic N) is 1. The van der Waals surface area contributed by atoms with Crippen LogP contribution < -0.4 is 5.32 Å². The van der Waals surface area contributed by atoms with E-state index >= 15 is 0 Å². The van der Waals surface area contributed by atoms with Gasteiger partial charge in [-0.3, -0.25) is 0 Å². The van der Waals surface area contributed by atoms with Crippen molar-refractivity contribution in [2.45, 2.75) is 38.1 Å². The second kappa shape index (κ2) is 8.90. The molecule has 1 saturated carbocycles. The standard InChI is InChI=1S/C15H32N2O2/c1-14-6-5-7-15(12-14,17(2)3)13-16-8-9-19-11-10-18-4/h14,16H,5-13H2,1-4H3. The van der Waals surface area contributed by atoms with E-state index in [0.29, 0.717) is 18.8 Å². The lowest BCUT2D eigenvalue weighted by atomic mass is 9.75. The van der Waals surface area contributed by atoms with E-state index in [9.17, 15) is 0 Å². The van der Waals surface area contributed by atoms with E-state index < -0.39 is 0 Å². The van der Waals surface area contributed by atoms with Gasteiger partial charge >= 0.3 is 0 Å². The first-order valence-corrected chi connectivity index (χ1v) is 7.55. The molecule has 0 bridgehead atoms. The summed E-state index contributed by atoms with van der Waals surface area (Å²) >= 11 is 0. The van der Waals surface area contributed by atoms with Crippen molar-refractivity contribution in [1.29, 1.82) is 0 Å². The van der Waals surface area contributed by atoms with E-state index in [0.717, 1.165) is 25.6 Å². The maximum Gasteiger partial charge on any atom is 0.0700 e. The summed E-state index contributed by atoms with van der Waals surface area (Å²) in [6, 6.07) is 0. The lowest BCUT2D eigenvalue weighted by molar-refractivity contribution is 0.0594. The van der Waals surface area contributed by atoms with Crippen molar-refractivity contribution in [2.75, 3.05) is 54.1 Å². The zero-order valence-corrected chi connectivity index (χ0v) is 13.2. The Kier molecular flexibility index (Phi) is 7.91. The minimum atomic E-state index is 0.337. The number of hydrogen-bond acceptors (Lipinski definition) is 4. The highest BCUT2D eigenvalue weighted by Crippen LogP contribution is 2.35. The average molecular weight is 272 g/mol. The summed E-state index contributed by atoms with van der Waals surface area (Å²) in [5.74, 6) is 0.843. The van der Waals surface area contributed by atoms with Crippen molar-refractivity contribution in [3.63, 3.8) is 0 Å². The number of ether oxygens (including phenoxy) is 2. The Balaban J connectivity index is 2.23. The number of methoxy groups -OCH3 is 1. The van der Waals surface area contributed by atoms with Gasteiger partial charge in [-0.05, 0) is 32.9 Å². The van der Waals surface area contributed by atoms with Crippen LogP contribution in [-0.4, -0.2) is 64.6 Å². The topological polar surface area (TPSA) is 33.7 Å². The van der Waals surface area contributed by atoms with Crippen molar-refractivity contribution >= 4 is 0 Å². The van der Waals surface area contributed by atoms with E-state index in [1.807, 2.05) is 0 Å². The summed E-state index contributed by atoms with van der Waals surface area (Å²) in [6.45, 7) is 6.51. The quantitative estimate of drug-likeness (QED) is 0.648. The fraction of sp³-hybridized carbons (Fsp3) is 1.00. The molecule has 0 heterocycles. The molecule has 0 spiro atoms. The van der Waals surface area contributed by atoms with Gasteiger partial charge in [0.25, 0.3) is 0 Å². The van der Waals surface area contributed by atoms with Gasteiger partial charge in [-0.25, -0.2) is 0 Å². The van der Waals surface area contributed by atoms with E-state index in [1.165, 1.54) is 25.7 Å². The van der Waals surface area contributed by atoms with Crippen LogP contribution in [0.15, 0.2) is 0 Å². The van der Waals surface area contributed by atoms with E-state index in [2.05, 4.69) is 31.2 Å². The van der Waals surface area contributed by atoms with E-state index in [1.54, 1.807) is 7.11 Å². The van der Waals surface area contributed by atoms with Crippen LogP contribution in [0.1, 0.15) is 32.6 Å². The molecule has 0 aliphatic heterocycles. The van der Waals surface area contributed by atoms with Crippen molar-refractivity contribution in [1.82, 2.24) is 10.2 Å². The first kappa shape index (κ1) is 16.9. The van der Waals surface area contributed by atoms with Gasteiger partial charge in [0.15, 0.2) is 0 Å². The molecule has 2 atom stereocenters. The van der Waals surface area contributed by atoms with Crippen molar-refractivity contribution in [3.8, 4) is 0 Å². The summed E-state index contributed by atoms with van der Waals surface area (Å²) in [5.41, 5.74) is 0.337. The Morgan fingerprint density at radius 2 is 2.05 bits per heavy atom. The maximum absolute atomic E-state index is 5.48. The van der Waals surface area contributed by atoms with Gasteiger partial charge in [0.2, 0.25) is 0 Å². The molecule has 0 amide bonds. The molecule has 0 saturated heterocycles. The lowest BCUT2D eigenvalue weighted by Crippen LogP contribution is -2.54. The van der Waals surface area contributed by atoms with Gasteiger partial charge in [0.1, 0.15) is 0 Å².